The fraction of sp³-hybridized carbons (Fsp3) is 0.735. The molecule has 2 rings (SSSR count). The van der Waals surface area contributed by atoms with Crippen molar-refractivity contribution in [3.63, 3.8) is 0 Å². The monoisotopic (exact) mass is 637 g/mol. The highest BCUT2D eigenvalue weighted by Gasteiger charge is 2.52. The zero-order valence-electron chi connectivity index (χ0n) is 28.0. The molecular weight excluding hydrogens is 582 g/mol. The van der Waals surface area contributed by atoms with Gasteiger partial charge in [0.2, 0.25) is 5.79 Å². The lowest BCUT2D eigenvalue weighted by Crippen LogP contribution is -2.63. The lowest BCUT2D eigenvalue weighted by molar-refractivity contribution is -0.317. The summed E-state index contributed by atoms with van der Waals surface area (Å²) < 4.78 is 21.7. The number of hydrogen-bond donors (Lipinski definition) is 3. The summed E-state index contributed by atoms with van der Waals surface area (Å²) in [5.74, 6) is -4.10. The molecule has 0 bridgehead atoms. The molecule has 11 heteroatoms. The third-order valence-electron chi connectivity index (χ3n) is 9.14. The van der Waals surface area contributed by atoms with Gasteiger partial charge in [-0.25, -0.2) is 4.79 Å². The van der Waals surface area contributed by atoms with Gasteiger partial charge in [-0.1, -0.05) is 51.2 Å². The van der Waals surface area contributed by atoms with E-state index in [4.69, 9.17) is 18.9 Å². The predicted molar refractivity (Wildman–Crippen MR) is 169 cm³/mol. The zero-order chi connectivity index (χ0) is 33.7. The number of likely N-dealkylation sites (tertiary alicyclic amines) is 1. The van der Waals surface area contributed by atoms with E-state index in [2.05, 4.69) is 0 Å². The number of allylic oxidation sites excluding steroid dienone is 5. The van der Waals surface area contributed by atoms with E-state index in [1.165, 1.54) is 19.1 Å². The Morgan fingerprint density at radius 2 is 1.71 bits per heavy atom. The highest BCUT2D eigenvalue weighted by atomic mass is 16.6. The van der Waals surface area contributed by atoms with Gasteiger partial charge in [0.1, 0.15) is 12.1 Å². The molecule has 0 aromatic heterocycles. The summed E-state index contributed by atoms with van der Waals surface area (Å²) in [5.41, 5.74) is 0.931. The molecule has 0 aliphatic carbocycles. The summed E-state index contributed by atoms with van der Waals surface area (Å²) in [5, 5.41) is 31.9. The van der Waals surface area contributed by atoms with Crippen LogP contribution >= 0.6 is 0 Å². The molecule has 2 aliphatic rings. The third-order valence-corrected chi connectivity index (χ3v) is 9.14. The van der Waals surface area contributed by atoms with Crippen LogP contribution in [0, 0.1) is 17.8 Å². The van der Waals surface area contributed by atoms with Crippen LogP contribution in [-0.2, 0) is 33.3 Å². The number of esters is 1. The van der Waals surface area contributed by atoms with Crippen LogP contribution in [0.1, 0.15) is 72.6 Å². The Labute approximate surface area is 268 Å². The summed E-state index contributed by atoms with van der Waals surface area (Å²) in [6.07, 6.45) is 10.3. The van der Waals surface area contributed by atoms with E-state index in [1.807, 2.05) is 51.2 Å². The van der Waals surface area contributed by atoms with Gasteiger partial charge < -0.3 is 39.2 Å². The number of rotatable bonds is 16. The van der Waals surface area contributed by atoms with Crippen molar-refractivity contribution in [3.05, 3.63) is 36.0 Å². The Balaban J connectivity index is 2.00. The van der Waals surface area contributed by atoms with E-state index in [0.717, 1.165) is 12.0 Å². The number of amides is 1. The fourth-order valence-corrected chi connectivity index (χ4v) is 6.18. The Kier molecular flexibility index (Phi) is 16.1. The van der Waals surface area contributed by atoms with Crippen LogP contribution in [0.15, 0.2) is 36.0 Å². The average molecular weight is 638 g/mol. The van der Waals surface area contributed by atoms with Crippen molar-refractivity contribution in [2.45, 2.75) is 109 Å². The molecule has 3 N–H and O–H groups in total. The second-order valence-electron chi connectivity index (χ2n) is 12.5. The molecular formula is C34H55NO10. The van der Waals surface area contributed by atoms with Crippen molar-refractivity contribution in [1.82, 2.24) is 4.90 Å². The van der Waals surface area contributed by atoms with E-state index in [9.17, 15) is 29.7 Å². The topological polar surface area (TPSA) is 152 Å². The molecule has 2 aliphatic heterocycles. The lowest BCUT2D eigenvalue weighted by Gasteiger charge is -2.46. The second kappa shape index (κ2) is 18.7. The summed E-state index contributed by atoms with van der Waals surface area (Å²) in [6, 6.07) is -0.797. The fourth-order valence-electron chi connectivity index (χ4n) is 6.18. The number of aliphatic hydroxyl groups is 3. The minimum Gasteiger partial charge on any atom is -0.467 e. The molecule has 2 fully saturated rings. The first kappa shape index (κ1) is 38.8. The molecule has 0 saturated carbocycles. The Bertz CT molecular complexity index is 1050. The second-order valence-corrected chi connectivity index (χ2v) is 12.5. The first-order valence-corrected chi connectivity index (χ1v) is 16.0. The molecule has 0 spiro atoms. The number of carbonyl (C=O) groups is 3. The van der Waals surface area contributed by atoms with Crippen LogP contribution in [0.25, 0.3) is 0 Å². The van der Waals surface area contributed by atoms with Crippen molar-refractivity contribution in [3.8, 4) is 0 Å². The van der Waals surface area contributed by atoms with Crippen molar-refractivity contribution in [2.24, 2.45) is 17.8 Å². The number of carbonyl (C=O) groups excluding carboxylic acids is 3. The quantitative estimate of drug-likeness (QED) is 0.170. The van der Waals surface area contributed by atoms with Gasteiger partial charge in [0.25, 0.3) is 5.91 Å². The Morgan fingerprint density at radius 1 is 1.02 bits per heavy atom. The number of aliphatic hydroxyl groups excluding tert-OH is 2. The average Bonchev–Trinajstić information content (AvgIpc) is 3.04. The van der Waals surface area contributed by atoms with Crippen LogP contribution in [0.2, 0.25) is 0 Å². The van der Waals surface area contributed by atoms with Gasteiger partial charge in [0.15, 0.2) is 11.9 Å². The predicted octanol–water partition coefficient (Wildman–Crippen LogP) is 3.11. The number of hydrogen-bond acceptors (Lipinski definition) is 10. The minimum absolute atomic E-state index is 0.106. The molecule has 9 atom stereocenters. The van der Waals surface area contributed by atoms with Crippen LogP contribution in [0.5, 0.6) is 0 Å². The number of ketones is 1. The maximum atomic E-state index is 13.4. The summed E-state index contributed by atoms with van der Waals surface area (Å²) in [4.78, 5) is 39.3. The van der Waals surface area contributed by atoms with Crippen molar-refractivity contribution < 1.29 is 48.7 Å². The van der Waals surface area contributed by atoms with Gasteiger partial charge in [0.05, 0.1) is 25.9 Å². The molecule has 45 heavy (non-hydrogen) atoms. The molecule has 0 radical (unpaired) electrons. The number of Topliss-reactive ketones (excluding diaryl/α,β-unsaturated/α-hetero) is 1. The molecule has 2 saturated heterocycles. The summed E-state index contributed by atoms with van der Waals surface area (Å²) in [7, 11) is 4.28. The maximum Gasteiger partial charge on any atom is 0.328 e. The summed E-state index contributed by atoms with van der Waals surface area (Å²) in [6.45, 7) is 7.50. The molecule has 0 aromatic rings. The summed E-state index contributed by atoms with van der Waals surface area (Å²) >= 11 is 0. The van der Waals surface area contributed by atoms with Gasteiger partial charge >= 0.3 is 5.97 Å². The van der Waals surface area contributed by atoms with Crippen LogP contribution in [0.3, 0.4) is 0 Å². The minimum atomic E-state index is -2.11. The molecule has 0 aromatic carbocycles. The number of nitrogens with zero attached hydrogens (tertiary/aromatic N) is 1. The largest absolute Gasteiger partial charge is 0.467 e. The van der Waals surface area contributed by atoms with E-state index < -0.39 is 47.9 Å². The SMILES string of the molecule is COC(=O)C1CCCCN1C(=O)C(O)C1(O)O[C@H](C[C@H](OC)/C(C)=C/C=C/C=C/[C@@H](C)CC(C)C(=O)[C@@H](CO)OC)CCC1C. The van der Waals surface area contributed by atoms with Crippen molar-refractivity contribution >= 4 is 17.7 Å². The van der Waals surface area contributed by atoms with Crippen LogP contribution in [-0.4, -0.2) is 109 Å². The maximum absolute atomic E-state index is 13.4. The van der Waals surface area contributed by atoms with Crippen molar-refractivity contribution in [1.29, 1.82) is 0 Å². The van der Waals surface area contributed by atoms with Crippen molar-refractivity contribution in [2.75, 3.05) is 34.5 Å². The Morgan fingerprint density at radius 3 is 2.33 bits per heavy atom. The zero-order valence-corrected chi connectivity index (χ0v) is 28.0. The number of ether oxygens (including phenoxy) is 4. The van der Waals surface area contributed by atoms with Gasteiger partial charge in [-0.15, -0.1) is 0 Å². The van der Waals surface area contributed by atoms with E-state index in [1.54, 1.807) is 14.0 Å². The highest BCUT2D eigenvalue weighted by molar-refractivity contribution is 5.88. The van der Waals surface area contributed by atoms with E-state index in [0.29, 0.717) is 45.1 Å². The molecule has 256 valence electrons. The third kappa shape index (κ3) is 10.6. The molecule has 11 nitrogen and oxygen atoms in total. The van der Waals surface area contributed by atoms with E-state index >= 15 is 0 Å². The molecule has 5 unspecified atom stereocenters. The first-order valence-electron chi connectivity index (χ1n) is 16.0. The molecule has 1 amide bonds. The highest BCUT2D eigenvalue weighted by Crippen LogP contribution is 2.38. The number of piperidine rings is 1. The number of methoxy groups -OCH3 is 3. The smallest absolute Gasteiger partial charge is 0.328 e. The lowest BCUT2D eigenvalue weighted by atomic mass is 9.84. The van der Waals surface area contributed by atoms with Crippen LogP contribution < -0.4 is 0 Å². The van der Waals surface area contributed by atoms with Gasteiger partial charge in [-0.05, 0) is 56.9 Å². The van der Waals surface area contributed by atoms with Gasteiger partial charge in [0, 0.05) is 39.0 Å². The van der Waals surface area contributed by atoms with Gasteiger partial charge in [-0.3, -0.25) is 9.59 Å². The first-order chi connectivity index (χ1) is 21.3. The van der Waals surface area contributed by atoms with Crippen LogP contribution in [0.4, 0.5) is 0 Å². The normalized spacial score (nSPS) is 28.1. The molecule has 2 heterocycles. The Hall–Kier alpha value is -2.41. The van der Waals surface area contributed by atoms with E-state index in [-0.39, 0.29) is 30.3 Å². The van der Waals surface area contributed by atoms with Gasteiger partial charge in [-0.2, -0.15) is 0 Å². The standard InChI is InChI=1S/C34H55NO10/c1-22(19-24(3)30(37)29(21-36)43-6)13-9-8-10-14-23(2)28(42-5)20-26-17-16-25(4)34(41,45-26)31(38)32(39)35-18-12-11-15-27(35)33(40)44-7/h8-10,13-14,22,24-29,31,36,38,41H,11-12,15-21H2,1-7H3/b10-8+,13-9+,23-14+/t22-,24?,25?,26+,27?,28+,29-,31?,34?/m1/s1.